The fourth-order valence-corrected chi connectivity index (χ4v) is 1.80. The zero-order valence-electron chi connectivity index (χ0n) is 10.8. The first-order chi connectivity index (χ1) is 9.34. The SMILES string of the molecule is O=C(Cc1ccccc1)OCCCc1ccccn1. The van der Waals surface area contributed by atoms with E-state index in [-0.39, 0.29) is 5.97 Å². The minimum absolute atomic E-state index is 0.174. The Balaban J connectivity index is 1.65. The first-order valence-electron chi connectivity index (χ1n) is 6.44. The topological polar surface area (TPSA) is 39.2 Å². The minimum atomic E-state index is -0.174. The summed E-state index contributed by atoms with van der Waals surface area (Å²) in [6.45, 7) is 0.447. The highest BCUT2D eigenvalue weighted by atomic mass is 16.5. The Bertz CT molecular complexity index is 497. The van der Waals surface area contributed by atoms with Gasteiger partial charge in [-0.15, -0.1) is 0 Å². The molecule has 2 rings (SSSR count). The summed E-state index contributed by atoms with van der Waals surface area (Å²) < 4.78 is 5.20. The van der Waals surface area contributed by atoms with Gasteiger partial charge in [-0.3, -0.25) is 9.78 Å². The van der Waals surface area contributed by atoms with Gasteiger partial charge in [0, 0.05) is 11.9 Å². The Hall–Kier alpha value is -2.16. The molecule has 1 heterocycles. The summed E-state index contributed by atoms with van der Waals surface area (Å²) in [6, 6.07) is 15.5. The van der Waals surface area contributed by atoms with Crippen LogP contribution in [0.5, 0.6) is 0 Å². The number of pyridine rings is 1. The molecule has 0 spiro atoms. The third kappa shape index (κ3) is 4.92. The van der Waals surface area contributed by atoms with E-state index in [1.54, 1.807) is 6.20 Å². The number of nitrogens with zero attached hydrogens (tertiary/aromatic N) is 1. The highest BCUT2D eigenvalue weighted by molar-refractivity contribution is 5.72. The van der Waals surface area contributed by atoms with Crippen molar-refractivity contribution in [2.24, 2.45) is 0 Å². The van der Waals surface area contributed by atoms with E-state index in [4.69, 9.17) is 4.74 Å². The number of aryl methyl sites for hydroxylation is 1. The van der Waals surface area contributed by atoms with Crippen LogP contribution < -0.4 is 0 Å². The van der Waals surface area contributed by atoms with Crippen molar-refractivity contribution in [2.45, 2.75) is 19.3 Å². The van der Waals surface area contributed by atoms with Crippen LogP contribution in [0, 0.1) is 0 Å². The van der Waals surface area contributed by atoms with Gasteiger partial charge in [0.2, 0.25) is 0 Å². The summed E-state index contributed by atoms with van der Waals surface area (Å²) in [6.07, 6.45) is 3.75. The van der Waals surface area contributed by atoms with Crippen LogP contribution in [0.4, 0.5) is 0 Å². The van der Waals surface area contributed by atoms with Gasteiger partial charge in [-0.25, -0.2) is 0 Å². The summed E-state index contributed by atoms with van der Waals surface area (Å²) in [5.74, 6) is -0.174. The molecular formula is C16H17NO2. The van der Waals surface area contributed by atoms with Gasteiger partial charge in [-0.2, -0.15) is 0 Å². The van der Waals surface area contributed by atoms with Crippen molar-refractivity contribution >= 4 is 5.97 Å². The van der Waals surface area contributed by atoms with Crippen molar-refractivity contribution in [1.82, 2.24) is 4.98 Å². The molecule has 0 unspecified atom stereocenters. The zero-order valence-corrected chi connectivity index (χ0v) is 10.8. The normalized spacial score (nSPS) is 10.1. The van der Waals surface area contributed by atoms with E-state index in [0.717, 1.165) is 24.1 Å². The largest absolute Gasteiger partial charge is 0.465 e. The average molecular weight is 255 g/mol. The number of carbonyl (C=O) groups excluding carboxylic acids is 1. The third-order valence-electron chi connectivity index (χ3n) is 2.76. The fraction of sp³-hybridized carbons (Fsp3) is 0.250. The molecule has 2 aromatic rings. The number of esters is 1. The van der Waals surface area contributed by atoms with E-state index in [1.807, 2.05) is 48.5 Å². The van der Waals surface area contributed by atoms with Crippen LogP contribution >= 0.6 is 0 Å². The average Bonchev–Trinajstić information content (AvgIpc) is 2.46. The number of carbonyl (C=O) groups is 1. The van der Waals surface area contributed by atoms with Crippen molar-refractivity contribution in [3.05, 3.63) is 66.0 Å². The molecule has 3 nitrogen and oxygen atoms in total. The summed E-state index contributed by atoms with van der Waals surface area (Å²) in [5.41, 5.74) is 2.01. The first kappa shape index (κ1) is 13.3. The molecule has 0 atom stereocenters. The lowest BCUT2D eigenvalue weighted by Gasteiger charge is -2.04. The number of aromatic nitrogens is 1. The number of hydrogen-bond acceptors (Lipinski definition) is 3. The molecule has 0 radical (unpaired) electrons. The predicted octanol–water partition coefficient (Wildman–Crippen LogP) is 2.80. The lowest BCUT2D eigenvalue weighted by Crippen LogP contribution is -2.09. The second-order valence-electron chi connectivity index (χ2n) is 4.31. The maximum atomic E-state index is 11.6. The molecule has 0 aliphatic rings. The minimum Gasteiger partial charge on any atom is -0.465 e. The van der Waals surface area contributed by atoms with Crippen LogP contribution in [0.2, 0.25) is 0 Å². The van der Waals surface area contributed by atoms with Crippen molar-refractivity contribution in [3.63, 3.8) is 0 Å². The Morgan fingerprint density at radius 1 is 1.05 bits per heavy atom. The van der Waals surface area contributed by atoms with E-state index >= 15 is 0 Å². The van der Waals surface area contributed by atoms with Gasteiger partial charge < -0.3 is 4.74 Å². The second-order valence-corrected chi connectivity index (χ2v) is 4.31. The summed E-state index contributed by atoms with van der Waals surface area (Å²) >= 11 is 0. The van der Waals surface area contributed by atoms with Gasteiger partial charge in [0.05, 0.1) is 13.0 Å². The van der Waals surface area contributed by atoms with E-state index < -0.39 is 0 Å². The molecule has 19 heavy (non-hydrogen) atoms. The Morgan fingerprint density at radius 3 is 2.58 bits per heavy atom. The Kier molecular flexibility index (Phi) is 5.11. The van der Waals surface area contributed by atoms with E-state index in [2.05, 4.69) is 4.98 Å². The van der Waals surface area contributed by atoms with Crippen LogP contribution in [0.1, 0.15) is 17.7 Å². The van der Waals surface area contributed by atoms with Crippen molar-refractivity contribution < 1.29 is 9.53 Å². The Morgan fingerprint density at radius 2 is 1.84 bits per heavy atom. The highest BCUT2D eigenvalue weighted by Crippen LogP contribution is 2.02. The molecule has 3 heteroatoms. The molecule has 98 valence electrons. The lowest BCUT2D eigenvalue weighted by atomic mass is 10.1. The molecule has 0 aliphatic carbocycles. The van der Waals surface area contributed by atoms with Crippen LogP contribution in [0.25, 0.3) is 0 Å². The lowest BCUT2D eigenvalue weighted by molar-refractivity contribution is -0.142. The van der Waals surface area contributed by atoms with Gasteiger partial charge in [0.15, 0.2) is 0 Å². The smallest absolute Gasteiger partial charge is 0.310 e. The van der Waals surface area contributed by atoms with Crippen LogP contribution in [-0.4, -0.2) is 17.6 Å². The predicted molar refractivity (Wildman–Crippen MR) is 73.7 cm³/mol. The van der Waals surface area contributed by atoms with E-state index in [0.29, 0.717) is 13.0 Å². The standard InChI is InChI=1S/C16H17NO2/c18-16(13-14-7-2-1-3-8-14)19-12-6-10-15-9-4-5-11-17-15/h1-5,7-9,11H,6,10,12-13H2. The second kappa shape index (κ2) is 7.31. The molecule has 0 bridgehead atoms. The first-order valence-corrected chi connectivity index (χ1v) is 6.44. The summed E-state index contributed by atoms with van der Waals surface area (Å²) in [4.78, 5) is 15.8. The van der Waals surface area contributed by atoms with Crippen molar-refractivity contribution in [3.8, 4) is 0 Å². The summed E-state index contributed by atoms with van der Waals surface area (Å²) in [7, 11) is 0. The van der Waals surface area contributed by atoms with Crippen molar-refractivity contribution in [1.29, 1.82) is 0 Å². The molecule has 1 aromatic carbocycles. The number of rotatable bonds is 6. The van der Waals surface area contributed by atoms with Gasteiger partial charge in [0.25, 0.3) is 0 Å². The van der Waals surface area contributed by atoms with Gasteiger partial charge in [-0.1, -0.05) is 36.4 Å². The van der Waals surface area contributed by atoms with Crippen molar-refractivity contribution in [2.75, 3.05) is 6.61 Å². The van der Waals surface area contributed by atoms with Crippen LogP contribution in [-0.2, 0) is 22.4 Å². The molecular weight excluding hydrogens is 238 g/mol. The third-order valence-corrected chi connectivity index (χ3v) is 2.76. The van der Waals surface area contributed by atoms with E-state index in [1.165, 1.54) is 0 Å². The molecule has 0 saturated carbocycles. The maximum Gasteiger partial charge on any atom is 0.310 e. The monoisotopic (exact) mass is 255 g/mol. The zero-order chi connectivity index (χ0) is 13.3. The number of ether oxygens (including phenoxy) is 1. The molecule has 0 fully saturated rings. The Labute approximate surface area is 113 Å². The summed E-state index contributed by atoms with van der Waals surface area (Å²) in [5, 5.41) is 0. The molecule has 0 amide bonds. The molecule has 0 aliphatic heterocycles. The fourth-order valence-electron chi connectivity index (χ4n) is 1.80. The van der Waals surface area contributed by atoms with Gasteiger partial charge >= 0.3 is 5.97 Å². The van der Waals surface area contributed by atoms with Gasteiger partial charge in [0.1, 0.15) is 0 Å². The van der Waals surface area contributed by atoms with E-state index in [9.17, 15) is 4.79 Å². The maximum absolute atomic E-state index is 11.6. The van der Waals surface area contributed by atoms with Gasteiger partial charge in [-0.05, 0) is 30.5 Å². The molecule has 0 N–H and O–H groups in total. The highest BCUT2D eigenvalue weighted by Gasteiger charge is 2.04. The molecule has 1 aromatic heterocycles. The number of hydrogen-bond donors (Lipinski definition) is 0. The van der Waals surface area contributed by atoms with Crippen LogP contribution in [0.15, 0.2) is 54.7 Å². The van der Waals surface area contributed by atoms with Crippen LogP contribution in [0.3, 0.4) is 0 Å². The molecule has 0 saturated heterocycles. The quantitative estimate of drug-likeness (QED) is 0.588. The number of benzene rings is 1.